The van der Waals surface area contributed by atoms with Gasteiger partial charge in [-0.05, 0) is 0 Å². The number of ether oxygens (including phenoxy) is 2. The zero-order valence-corrected chi connectivity index (χ0v) is 9.56. The zero-order valence-electron chi connectivity index (χ0n) is 9.66. The monoisotopic (exact) mass is 238 g/mol. The molecule has 0 unspecified atom stereocenters. The van der Waals surface area contributed by atoms with Gasteiger partial charge in [-0.25, -0.2) is 4.57 Å². The van der Waals surface area contributed by atoms with Crippen LogP contribution in [0.3, 0.4) is 0 Å². The van der Waals surface area contributed by atoms with Crippen molar-refractivity contribution in [1.82, 2.24) is 0 Å². The van der Waals surface area contributed by atoms with Crippen LogP contribution in [0.15, 0.2) is 0 Å². The van der Waals surface area contributed by atoms with Crippen molar-refractivity contribution in [3.63, 3.8) is 0 Å². The predicted octanol–water partition coefficient (Wildman–Crippen LogP) is -3.76. The van der Waals surface area contributed by atoms with Gasteiger partial charge in [0.05, 0.1) is 39.6 Å². The Morgan fingerprint density at radius 1 is 1.00 bits per heavy atom. The van der Waals surface area contributed by atoms with Crippen molar-refractivity contribution in [2.24, 2.45) is 0 Å². The Kier molecular flexibility index (Phi) is 13.3. The predicted molar refractivity (Wildman–Crippen MR) is 47.8 cm³/mol. The summed E-state index contributed by atoms with van der Waals surface area (Å²) in [5.41, 5.74) is 0. The van der Waals surface area contributed by atoms with Crippen molar-refractivity contribution in [2.45, 2.75) is 0 Å². The van der Waals surface area contributed by atoms with Crippen LogP contribution < -0.4 is 18.9 Å². The summed E-state index contributed by atoms with van der Waals surface area (Å²) < 4.78 is 24.0. The average Bonchev–Trinajstić information content (AvgIpc) is 2.08. The molecule has 88 valence electrons. The third kappa shape index (κ3) is 17.2. The molecular weight excluding hydrogens is 222 g/mol. The zero-order chi connectivity index (χ0) is 10.9. The van der Waals surface area contributed by atoms with E-state index in [0.29, 0.717) is 13.2 Å². The fourth-order valence-electron chi connectivity index (χ4n) is 0.602. The van der Waals surface area contributed by atoms with Crippen molar-refractivity contribution >= 4 is 7.82 Å². The first kappa shape index (κ1) is 18.0. The van der Waals surface area contributed by atoms with Crippen molar-refractivity contribution < 1.29 is 53.7 Å². The van der Waals surface area contributed by atoms with Crippen LogP contribution in [0.1, 0.15) is 1.43 Å². The first-order chi connectivity index (χ1) is 6.56. The number of rotatable bonds is 9. The Labute approximate surface area is 102 Å². The molecule has 9 heteroatoms. The average molecular weight is 238 g/mol. The molecule has 0 spiro atoms. The molecule has 0 fully saturated rings. The molecule has 0 amide bonds. The van der Waals surface area contributed by atoms with Crippen LogP contribution in [-0.2, 0) is 18.6 Å². The van der Waals surface area contributed by atoms with E-state index in [1.165, 1.54) is 0 Å². The Bertz CT molecular complexity index is 178. The molecule has 15 heavy (non-hydrogen) atoms. The van der Waals surface area contributed by atoms with Gasteiger partial charge in [0, 0.05) is 0 Å². The molecule has 0 radical (unpaired) electrons. The van der Waals surface area contributed by atoms with Crippen molar-refractivity contribution in [2.75, 3.05) is 39.6 Å². The van der Waals surface area contributed by atoms with Crippen molar-refractivity contribution in [1.29, 1.82) is 0 Å². The molecule has 3 N–H and O–H groups in total. The number of phosphoric acid groups is 1. The third-order valence-corrected chi connectivity index (χ3v) is 1.61. The maximum Gasteiger partial charge on any atom is 1.00 e. The molecule has 0 aliphatic heterocycles. The van der Waals surface area contributed by atoms with Crippen molar-refractivity contribution in [3.8, 4) is 0 Å². The Hall–Kier alpha value is 0.587. The summed E-state index contributed by atoms with van der Waals surface area (Å²) >= 11 is 0. The fourth-order valence-corrected chi connectivity index (χ4v) is 0.914. The van der Waals surface area contributed by atoms with Crippen LogP contribution >= 0.6 is 7.82 Å². The van der Waals surface area contributed by atoms with Crippen LogP contribution in [0.5, 0.6) is 0 Å². The minimum Gasteiger partial charge on any atom is -1.00 e. The molecule has 0 heterocycles. The first-order valence-corrected chi connectivity index (χ1v) is 5.56. The maximum absolute atomic E-state index is 10.2. The van der Waals surface area contributed by atoms with Gasteiger partial charge < -0.3 is 25.8 Å². The quantitative estimate of drug-likeness (QED) is 0.215. The summed E-state index contributed by atoms with van der Waals surface area (Å²) in [6.45, 7) is 0.766. The minimum atomic E-state index is -4.38. The van der Waals surface area contributed by atoms with E-state index in [1.807, 2.05) is 0 Å². The van der Waals surface area contributed by atoms with Crippen molar-refractivity contribution in [3.05, 3.63) is 0 Å². The van der Waals surface area contributed by atoms with E-state index in [2.05, 4.69) is 4.52 Å². The molecular formula is C6H16LiO7P. The van der Waals surface area contributed by atoms with Gasteiger partial charge >= 0.3 is 26.7 Å². The summed E-state index contributed by atoms with van der Waals surface area (Å²) in [5, 5.41) is 8.32. The first-order valence-electron chi connectivity index (χ1n) is 4.02. The summed E-state index contributed by atoms with van der Waals surface area (Å²) in [4.78, 5) is 16.5. The van der Waals surface area contributed by atoms with Gasteiger partial charge in [-0.3, -0.25) is 4.52 Å². The van der Waals surface area contributed by atoms with Crippen LogP contribution in [0.25, 0.3) is 0 Å². The smallest absolute Gasteiger partial charge is 1.00 e. The van der Waals surface area contributed by atoms with Gasteiger partial charge in [0.25, 0.3) is 0 Å². The normalized spacial score (nSPS) is 11.1. The van der Waals surface area contributed by atoms with Gasteiger partial charge in [0.2, 0.25) is 0 Å². The number of aliphatic hydroxyl groups is 1. The van der Waals surface area contributed by atoms with E-state index < -0.39 is 7.82 Å². The van der Waals surface area contributed by atoms with Gasteiger partial charge in [0.1, 0.15) is 0 Å². The number of phosphoric ester groups is 1. The van der Waals surface area contributed by atoms with E-state index in [-0.39, 0.29) is 46.7 Å². The molecule has 0 aromatic heterocycles. The van der Waals surface area contributed by atoms with E-state index in [1.54, 1.807) is 0 Å². The van der Waals surface area contributed by atoms with E-state index in [9.17, 15) is 4.57 Å². The topological polar surface area (TPSA) is 105 Å². The minimum absolute atomic E-state index is 0. The molecule has 0 aliphatic rings. The largest absolute Gasteiger partial charge is 1.00 e. The van der Waals surface area contributed by atoms with E-state index in [0.717, 1.165) is 0 Å². The molecule has 0 atom stereocenters. The number of hydrogen-bond donors (Lipinski definition) is 3. The van der Waals surface area contributed by atoms with Crippen LogP contribution in [-0.4, -0.2) is 54.5 Å². The number of aliphatic hydroxyl groups excluding tert-OH is 1. The summed E-state index contributed by atoms with van der Waals surface area (Å²) in [5.74, 6) is 0. The second kappa shape index (κ2) is 11.1. The molecule has 7 nitrogen and oxygen atoms in total. The molecule has 0 aromatic carbocycles. The molecule has 0 rings (SSSR count). The second-order valence-corrected chi connectivity index (χ2v) is 3.51. The molecule has 0 aromatic rings. The van der Waals surface area contributed by atoms with Gasteiger partial charge in [-0.15, -0.1) is 0 Å². The van der Waals surface area contributed by atoms with Crippen LogP contribution in [0.2, 0.25) is 0 Å². The molecule has 0 saturated heterocycles. The van der Waals surface area contributed by atoms with Gasteiger partial charge in [-0.1, -0.05) is 0 Å². The van der Waals surface area contributed by atoms with Crippen LogP contribution in [0.4, 0.5) is 0 Å². The molecule has 0 bridgehead atoms. The van der Waals surface area contributed by atoms with Gasteiger partial charge in [-0.2, -0.15) is 0 Å². The Balaban J connectivity index is -0.000000845. The van der Waals surface area contributed by atoms with E-state index in [4.69, 9.17) is 24.4 Å². The number of hydrogen-bond acceptors (Lipinski definition) is 5. The third-order valence-electron chi connectivity index (χ3n) is 1.09. The SMILES string of the molecule is O=P(O)(O)OCCOCCOCCO.[H-].[Li+]. The Morgan fingerprint density at radius 2 is 1.47 bits per heavy atom. The second-order valence-electron chi connectivity index (χ2n) is 2.27. The fraction of sp³-hybridized carbons (Fsp3) is 1.00. The molecule has 0 aliphatic carbocycles. The standard InChI is InChI=1S/C6H15O7P.Li.H/c7-1-2-11-3-4-12-5-6-13-14(8,9)10;;/h7H,1-6H2,(H2,8,9,10);;/q;+1;-1. The summed E-state index contributed by atoms with van der Waals surface area (Å²) in [7, 11) is -4.38. The van der Waals surface area contributed by atoms with Crippen LogP contribution in [0, 0.1) is 0 Å². The molecule has 0 saturated carbocycles. The maximum atomic E-state index is 10.2. The summed E-state index contributed by atoms with van der Waals surface area (Å²) in [6.07, 6.45) is 0. The summed E-state index contributed by atoms with van der Waals surface area (Å²) in [6, 6.07) is 0. The Morgan fingerprint density at radius 3 is 1.93 bits per heavy atom. The van der Waals surface area contributed by atoms with Gasteiger partial charge in [0.15, 0.2) is 0 Å². The van der Waals surface area contributed by atoms with E-state index >= 15 is 0 Å².